The lowest BCUT2D eigenvalue weighted by atomic mass is 9.97. The van der Waals surface area contributed by atoms with Crippen molar-refractivity contribution in [3.8, 4) is 0 Å². The van der Waals surface area contributed by atoms with Gasteiger partial charge in [0.15, 0.2) is 11.0 Å². The molecule has 0 bridgehead atoms. The average Bonchev–Trinajstić information content (AvgIpc) is 3.48. The average molecular weight is 423 g/mol. The lowest BCUT2D eigenvalue weighted by molar-refractivity contribution is -0.138. The van der Waals surface area contributed by atoms with E-state index in [4.69, 9.17) is 11.6 Å². The number of hydrogen-bond donors (Lipinski definition) is 1. The zero-order valence-electron chi connectivity index (χ0n) is 15.7. The molecule has 2 heterocycles. The molecule has 1 aliphatic rings. The molecule has 1 saturated carbocycles. The van der Waals surface area contributed by atoms with Gasteiger partial charge >= 0.3 is 6.18 Å². The van der Waals surface area contributed by atoms with E-state index >= 15 is 0 Å². The second-order valence-corrected chi connectivity index (χ2v) is 7.66. The number of nitrogens with zero attached hydrogens (tertiary/aromatic N) is 3. The van der Waals surface area contributed by atoms with E-state index in [0.29, 0.717) is 22.2 Å². The number of benzene rings is 1. The van der Waals surface area contributed by atoms with Crippen LogP contribution in [0.3, 0.4) is 0 Å². The van der Waals surface area contributed by atoms with Crippen LogP contribution in [0.4, 0.5) is 19.0 Å². The molecule has 5 nitrogen and oxygen atoms in total. The Morgan fingerprint density at radius 1 is 1.24 bits per heavy atom. The molecule has 1 atom stereocenters. The quantitative estimate of drug-likeness (QED) is 0.621. The van der Waals surface area contributed by atoms with Crippen LogP contribution in [0.25, 0.3) is 10.8 Å². The van der Waals surface area contributed by atoms with Gasteiger partial charge in [-0.2, -0.15) is 13.2 Å². The molecule has 0 unspecified atom stereocenters. The van der Waals surface area contributed by atoms with E-state index in [-0.39, 0.29) is 22.3 Å². The first-order valence-corrected chi connectivity index (χ1v) is 9.56. The first-order chi connectivity index (χ1) is 13.7. The highest BCUT2D eigenvalue weighted by molar-refractivity contribution is 6.34. The van der Waals surface area contributed by atoms with E-state index < -0.39 is 17.8 Å². The fraction of sp³-hybridized carbons (Fsp3) is 0.350. The van der Waals surface area contributed by atoms with Crippen molar-refractivity contribution in [2.24, 2.45) is 0 Å². The van der Waals surface area contributed by atoms with Gasteiger partial charge in [0.05, 0.1) is 11.6 Å². The van der Waals surface area contributed by atoms with Gasteiger partial charge in [0, 0.05) is 29.1 Å². The third kappa shape index (κ3) is 3.69. The van der Waals surface area contributed by atoms with Crippen molar-refractivity contribution >= 4 is 28.2 Å². The molecule has 0 aliphatic heterocycles. The van der Waals surface area contributed by atoms with Gasteiger partial charge in [0.25, 0.3) is 5.56 Å². The van der Waals surface area contributed by atoms with Crippen LogP contribution in [0.15, 0.2) is 35.3 Å². The summed E-state index contributed by atoms with van der Waals surface area (Å²) in [6, 6.07) is 5.22. The standard InChI is InChI=1S/C20H18ClF3N4O/c1-10-13(4-3-5-16(10)20(22,23)24)11(2)25-19-15-9-28(12-6-7-12)17(29)8-14(15)18(21)26-27-19/h3-5,8-9,11-12H,6-7H2,1-2H3,(H,25,27)/t11-/m1/s1. The molecule has 29 heavy (non-hydrogen) atoms. The number of alkyl halides is 3. The Morgan fingerprint density at radius 3 is 2.62 bits per heavy atom. The second kappa shape index (κ2) is 7.02. The van der Waals surface area contributed by atoms with E-state index in [1.54, 1.807) is 23.8 Å². The van der Waals surface area contributed by atoms with Crippen molar-refractivity contribution in [3.63, 3.8) is 0 Å². The van der Waals surface area contributed by atoms with Crippen LogP contribution >= 0.6 is 11.6 Å². The molecular formula is C20H18ClF3N4O. The number of nitrogens with one attached hydrogen (secondary N) is 1. The van der Waals surface area contributed by atoms with Gasteiger partial charge in [-0.15, -0.1) is 10.2 Å². The monoisotopic (exact) mass is 422 g/mol. The summed E-state index contributed by atoms with van der Waals surface area (Å²) in [4.78, 5) is 12.3. The minimum Gasteiger partial charge on any atom is -0.361 e. The van der Waals surface area contributed by atoms with Gasteiger partial charge in [-0.1, -0.05) is 23.7 Å². The van der Waals surface area contributed by atoms with Gasteiger partial charge in [-0.25, -0.2) is 0 Å². The fourth-order valence-corrected chi connectivity index (χ4v) is 3.76. The first kappa shape index (κ1) is 19.7. The number of halogens is 4. The number of aromatic nitrogens is 3. The molecule has 2 aromatic heterocycles. The largest absolute Gasteiger partial charge is 0.416 e. The number of anilines is 1. The van der Waals surface area contributed by atoms with Crippen molar-refractivity contribution in [2.45, 2.75) is 44.9 Å². The van der Waals surface area contributed by atoms with E-state index in [0.717, 1.165) is 18.9 Å². The molecular weight excluding hydrogens is 405 g/mol. The smallest absolute Gasteiger partial charge is 0.361 e. The van der Waals surface area contributed by atoms with Crippen LogP contribution in [0.5, 0.6) is 0 Å². The summed E-state index contributed by atoms with van der Waals surface area (Å²) in [7, 11) is 0. The van der Waals surface area contributed by atoms with Crippen LogP contribution in [0, 0.1) is 6.92 Å². The maximum atomic E-state index is 13.2. The summed E-state index contributed by atoms with van der Waals surface area (Å²) < 4.78 is 41.4. The fourth-order valence-electron chi connectivity index (χ4n) is 3.57. The van der Waals surface area contributed by atoms with Crippen molar-refractivity contribution in [1.29, 1.82) is 0 Å². The van der Waals surface area contributed by atoms with E-state index in [1.165, 1.54) is 19.1 Å². The highest BCUT2D eigenvalue weighted by atomic mass is 35.5. The maximum absolute atomic E-state index is 13.2. The van der Waals surface area contributed by atoms with Crippen LogP contribution in [-0.2, 0) is 6.18 Å². The molecule has 1 aliphatic carbocycles. The number of hydrogen-bond acceptors (Lipinski definition) is 4. The molecule has 3 aromatic rings. The first-order valence-electron chi connectivity index (χ1n) is 9.18. The van der Waals surface area contributed by atoms with E-state index in [1.807, 2.05) is 0 Å². The lowest BCUT2D eigenvalue weighted by Gasteiger charge is -2.21. The number of pyridine rings is 1. The molecule has 0 spiro atoms. The van der Waals surface area contributed by atoms with Crippen molar-refractivity contribution in [1.82, 2.24) is 14.8 Å². The third-order valence-corrected chi connectivity index (χ3v) is 5.52. The maximum Gasteiger partial charge on any atom is 0.416 e. The zero-order chi connectivity index (χ0) is 20.9. The molecule has 1 fully saturated rings. The predicted molar refractivity (Wildman–Crippen MR) is 105 cm³/mol. The highest BCUT2D eigenvalue weighted by Crippen LogP contribution is 2.37. The number of rotatable bonds is 4. The number of fused-ring (bicyclic) bond motifs is 1. The summed E-state index contributed by atoms with van der Waals surface area (Å²) >= 11 is 6.12. The van der Waals surface area contributed by atoms with Crippen LogP contribution in [0.2, 0.25) is 5.15 Å². The van der Waals surface area contributed by atoms with Crippen molar-refractivity contribution in [2.75, 3.05) is 5.32 Å². The zero-order valence-corrected chi connectivity index (χ0v) is 16.5. The Kier molecular flexibility index (Phi) is 4.77. The summed E-state index contributed by atoms with van der Waals surface area (Å²) in [5.74, 6) is 0.364. The Labute approximate surface area is 169 Å². The molecule has 4 rings (SSSR count). The van der Waals surface area contributed by atoms with Crippen LogP contribution in [-0.4, -0.2) is 14.8 Å². The third-order valence-electron chi connectivity index (χ3n) is 5.24. The predicted octanol–water partition coefficient (Wildman–Crippen LogP) is 5.28. The molecule has 1 aromatic carbocycles. The normalized spacial score (nSPS) is 15.5. The van der Waals surface area contributed by atoms with E-state index in [2.05, 4.69) is 15.5 Å². The Balaban J connectivity index is 1.76. The van der Waals surface area contributed by atoms with Gasteiger partial charge in [-0.05, 0) is 43.9 Å². The van der Waals surface area contributed by atoms with Crippen molar-refractivity contribution < 1.29 is 13.2 Å². The summed E-state index contributed by atoms with van der Waals surface area (Å²) in [5.41, 5.74) is -0.178. The van der Waals surface area contributed by atoms with Gasteiger partial charge in [0.1, 0.15) is 0 Å². The summed E-state index contributed by atoms with van der Waals surface area (Å²) in [5, 5.41) is 12.3. The van der Waals surface area contributed by atoms with Crippen molar-refractivity contribution in [3.05, 3.63) is 62.7 Å². The Bertz CT molecular complexity index is 1150. The summed E-state index contributed by atoms with van der Waals surface area (Å²) in [6.07, 6.45) is -0.864. The van der Waals surface area contributed by atoms with Gasteiger partial charge in [-0.3, -0.25) is 4.79 Å². The van der Waals surface area contributed by atoms with Gasteiger partial charge < -0.3 is 9.88 Å². The van der Waals surface area contributed by atoms with Gasteiger partial charge in [0.2, 0.25) is 0 Å². The SMILES string of the molecule is Cc1c([C@@H](C)Nc2nnc(Cl)c3cc(=O)n(C4CC4)cc23)cccc1C(F)(F)F. The lowest BCUT2D eigenvalue weighted by Crippen LogP contribution is -2.18. The Hall–Kier alpha value is -2.61. The minimum absolute atomic E-state index is 0.105. The van der Waals surface area contributed by atoms with Crippen LogP contribution < -0.4 is 10.9 Å². The molecule has 152 valence electrons. The molecule has 1 N–H and O–H groups in total. The van der Waals surface area contributed by atoms with Crippen LogP contribution in [0.1, 0.15) is 48.5 Å². The summed E-state index contributed by atoms with van der Waals surface area (Å²) in [6.45, 7) is 3.20. The molecule has 0 amide bonds. The Morgan fingerprint density at radius 2 is 1.97 bits per heavy atom. The topological polar surface area (TPSA) is 59.8 Å². The second-order valence-electron chi connectivity index (χ2n) is 7.30. The molecule has 9 heteroatoms. The highest BCUT2D eigenvalue weighted by Gasteiger charge is 2.33. The van der Waals surface area contributed by atoms with E-state index in [9.17, 15) is 18.0 Å². The molecule has 0 radical (unpaired) electrons. The minimum atomic E-state index is -4.42. The molecule has 0 saturated heterocycles.